The van der Waals surface area contributed by atoms with Gasteiger partial charge in [-0.25, -0.2) is 0 Å². The van der Waals surface area contributed by atoms with Crippen molar-refractivity contribution < 1.29 is 15.0 Å². The van der Waals surface area contributed by atoms with Crippen molar-refractivity contribution in [3.8, 4) is 0 Å². The smallest absolute Gasteiger partial charge is 0.323 e. The van der Waals surface area contributed by atoms with Crippen LogP contribution in [0, 0.1) is 0 Å². The molecule has 0 saturated heterocycles. The maximum absolute atomic E-state index is 11.0. The molecular formula is C19H27N3O3. The Kier molecular flexibility index (Phi) is 7.31. The van der Waals surface area contributed by atoms with Gasteiger partial charge in [0.05, 0.1) is 5.70 Å². The minimum absolute atomic E-state index is 0.328. The molecule has 1 aliphatic heterocycles. The van der Waals surface area contributed by atoms with Crippen molar-refractivity contribution in [2.24, 2.45) is 10.7 Å². The zero-order valence-electron chi connectivity index (χ0n) is 14.6. The van der Waals surface area contributed by atoms with Gasteiger partial charge >= 0.3 is 5.97 Å². The van der Waals surface area contributed by atoms with E-state index in [0.29, 0.717) is 18.7 Å². The average Bonchev–Trinajstić information content (AvgIpc) is 2.63. The summed E-state index contributed by atoms with van der Waals surface area (Å²) in [7, 11) is 0. The Morgan fingerprint density at radius 3 is 2.80 bits per heavy atom. The van der Waals surface area contributed by atoms with Gasteiger partial charge in [-0.1, -0.05) is 43.7 Å². The number of carboxylic acid groups (broad SMARTS) is 1. The predicted octanol–water partition coefficient (Wildman–Crippen LogP) is 1.57. The first-order valence-corrected chi connectivity index (χ1v) is 8.71. The Balaban J connectivity index is 1.98. The predicted molar refractivity (Wildman–Crippen MR) is 98.5 cm³/mol. The van der Waals surface area contributed by atoms with Crippen molar-refractivity contribution in [1.29, 1.82) is 0 Å². The molecular weight excluding hydrogens is 318 g/mol. The molecule has 2 rings (SSSR count). The highest BCUT2D eigenvalue weighted by molar-refractivity contribution is 5.74. The highest BCUT2D eigenvalue weighted by Gasteiger charge is 2.25. The van der Waals surface area contributed by atoms with E-state index in [4.69, 9.17) is 10.8 Å². The molecule has 1 aromatic carbocycles. The fraction of sp³-hybridized carbons (Fsp3) is 0.474. The van der Waals surface area contributed by atoms with Crippen molar-refractivity contribution in [3.63, 3.8) is 0 Å². The first-order chi connectivity index (χ1) is 12.0. The Morgan fingerprint density at radius 1 is 1.40 bits per heavy atom. The number of nitrogens with zero attached hydrogens (tertiary/aromatic N) is 2. The fourth-order valence-corrected chi connectivity index (χ4v) is 2.83. The van der Waals surface area contributed by atoms with Gasteiger partial charge in [-0.2, -0.15) is 0 Å². The normalized spacial score (nSPS) is 18.1. The van der Waals surface area contributed by atoms with E-state index in [1.807, 2.05) is 13.0 Å². The van der Waals surface area contributed by atoms with Gasteiger partial charge in [-0.05, 0) is 24.0 Å². The van der Waals surface area contributed by atoms with Crippen molar-refractivity contribution in [3.05, 3.63) is 47.2 Å². The van der Waals surface area contributed by atoms with Gasteiger partial charge in [0.15, 0.2) is 0 Å². The molecule has 1 heterocycles. The summed E-state index contributed by atoms with van der Waals surface area (Å²) in [6.45, 7) is 4.47. The van der Waals surface area contributed by atoms with E-state index in [2.05, 4.69) is 28.1 Å². The van der Waals surface area contributed by atoms with Gasteiger partial charge in [-0.3, -0.25) is 14.7 Å². The molecule has 2 unspecified atom stereocenters. The topological polar surface area (TPSA) is 99.1 Å². The second kappa shape index (κ2) is 9.46. The highest BCUT2D eigenvalue weighted by Crippen LogP contribution is 2.18. The maximum Gasteiger partial charge on any atom is 0.323 e. The van der Waals surface area contributed by atoms with Crippen molar-refractivity contribution in [2.45, 2.75) is 44.9 Å². The lowest BCUT2D eigenvalue weighted by Crippen LogP contribution is -2.42. The van der Waals surface area contributed by atoms with Crippen LogP contribution in [0.5, 0.6) is 0 Å². The van der Waals surface area contributed by atoms with E-state index in [1.54, 1.807) is 12.3 Å². The number of hydrogen-bond donors (Lipinski definition) is 3. The van der Waals surface area contributed by atoms with Crippen LogP contribution in [0.4, 0.5) is 0 Å². The molecule has 136 valence electrons. The number of benzene rings is 1. The second-order valence-electron chi connectivity index (χ2n) is 6.29. The van der Waals surface area contributed by atoms with Gasteiger partial charge in [0, 0.05) is 25.8 Å². The molecule has 25 heavy (non-hydrogen) atoms. The minimum Gasteiger partial charge on any atom is -0.480 e. The van der Waals surface area contributed by atoms with Crippen LogP contribution in [0.15, 0.2) is 41.0 Å². The first kappa shape index (κ1) is 19.3. The summed E-state index contributed by atoms with van der Waals surface area (Å²) in [5.41, 5.74) is 8.57. The molecule has 0 spiro atoms. The number of carbonyl (C=O) groups is 1. The summed E-state index contributed by atoms with van der Waals surface area (Å²) in [5, 5.41) is 19.1. The van der Waals surface area contributed by atoms with Crippen LogP contribution in [0.1, 0.15) is 30.9 Å². The number of aliphatic imine (C=N–C) groups is 1. The number of fused-ring (bicyclic) bond motifs is 1. The Hall–Kier alpha value is -2.02. The Bertz CT molecular complexity index is 643. The van der Waals surface area contributed by atoms with Gasteiger partial charge < -0.3 is 15.9 Å². The van der Waals surface area contributed by atoms with E-state index >= 15 is 0 Å². The number of hydrogen-bond acceptors (Lipinski definition) is 5. The number of aliphatic hydroxyl groups is 1. The quantitative estimate of drug-likeness (QED) is 0.621. The molecule has 0 aromatic heterocycles. The Morgan fingerprint density at radius 2 is 2.12 bits per heavy atom. The summed E-state index contributed by atoms with van der Waals surface area (Å²) in [6.07, 6.45) is 4.80. The second-order valence-corrected chi connectivity index (χ2v) is 6.29. The van der Waals surface area contributed by atoms with Crippen LogP contribution >= 0.6 is 0 Å². The molecule has 0 radical (unpaired) electrons. The number of allylic oxidation sites excluding steroid dienone is 1. The lowest BCUT2D eigenvalue weighted by molar-refractivity contribution is -0.140. The van der Waals surface area contributed by atoms with Crippen LogP contribution in [0.2, 0.25) is 0 Å². The SMILES string of the molecule is CCC/C=C(\N=CCN1CCc2ccccc2C1)C(O)C(N)C(=O)O. The molecule has 0 saturated carbocycles. The molecule has 1 aliphatic rings. The zero-order valence-corrected chi connectivity index (χ0v) is 14.6. The number of aliphatic hydroxyl groups excluding tert-OH is 1. The number of nitrogens with two attached hydrogens (primary N) is 1. The molecule has 1 aromatic rings. The third-order valence-corrected chi connectivity index (χ3v) is 4.36. The van der Waals surface area contributed by atoms with E-state index in [9.17, 15) is 9.90 Å². The van der Waals surface area contributed by atoms with Gasteiger partial charge in [-0.15, -0.1) is 0 Å². The molecule has 0 amide bonds. The van der Waals surface area contributed by atoms with Gasteiger partial charge in [0.25, 0.3) is 0 Å². The van der Waals surface area contributed by atoms with Crippen LogP contribution in [-0.4, -0.2) is 52.5 Å². The summed E-state index contributed by atoms with van der Waals surface area (Å²) >= 11 is 0. The van der Waals surface area contributed by atoms with E-state index in [1.165, 1.54) is 11.1 Å². The zero-order chi connectivity index (χ0) is 18.2. The summed E-state index contributed by atoms with van der Waals surface area (Å²) in [4.78, 5) is 17.6. The van der Waals surface area contributed by atoms with Crippen LogP contribution in [-0.2, 0) is 17.8 Å². The maximum atomic E-state index is 11.0. The molecule has 0 bridgehead atoms. The lowest BCUT2D eigenvalue weighted by atomic mass is 10.0. The van der Waals surface area contributed by atoms with Crippen molar-refractivity contribution in [1.82, 2.24) is 4.90 Å². The fourth-order valence-electron chi connectivity index (χ4n) is 2.83. The first-order valence-electron chi connectivity index (χ1n) is 8.71. The third kappa shape index (κ3) is 5.49. The molecule has 0 fully saturated rings. The standard InChI is InChI=1S/C19H27N3O3/c1-2-3-8-16(18(23)17(20)19(24)25)21-10-12-22-11-9-14-6-4-5-7-15(14)13-22/h4-8,10,17-18,23H,2-3,9,11-13,20H2,1H3,(H,24,25)/b16-8-,21-10?. The van der Waals surface area contributed by atoms with Crippen LogP contribution in [0.3, 0.4) is 0 Å². The van der Waals surface area contributed by atoms with Crippen LogP contribution < -0.4 is 5.73 Å². The monoisotopic (exact) mass is 345 g/mol. The highest BCUT2D eigenvalue weighted by atomic mass is 16.4. The largest absolute Gasteiger partial charge is 0.480 e. The summed E-state index contributed by atoms with van der Waals surface area (Å²) in [6, 6.07) is 7.04. The number of aliphatic carboxylic acids is 1. The number of unbranched alkanes of at least 4 members (excludes halogenated alkanes) is 1. The van der Waals surface area contributed by atoms with E-state index in [0.717, 1.165) is 25.9 Å². The number of rotatable bonds is 8. The molecule has 6 nitrogen and oxygen atoms in total. The molecule has 4 N–H and O–H groups in total. The lowest BCUT2D eigenvalue weighted by Gasteiger charge is -2.27. The summed E-state index contributed by atoms with van der Waals surface area (Å²) in [5.74, 6) is -1.24. The van der Waals surface area contributed by atoms with Gasteiger partial charge in [0.1, 0.15) is 12.1 Å². The van der Waals surface area contributed by atoms with Crippen molar-refractivity contribution in [2.75, 3.05) is 13.1 Å². The summed E-state index contributed by atoms with van der Waals surface area (Å²) < 4.78 is 0. The van der Waals surface area contributed by atoms with E-state index in [-0.39, 0.29) is 0 Å². The minimum atomic E-state index is -1.37. The molecule has 2 atom stereocenters. The molecule has 6 heteroatoms. The van der Waals surface area contributed by atoms with E-state index < -0.39 is 18.1 Å². The van der Waals surface area contributed by atoms with Gasteiger partial charge in [0.2, 0.25) is 0 Å². The Labute approximate surface area is 148 Å². The van der Waals surface area contributed by atoms with Crippen molar-refractivity contribution >= 4 is 12.2 Å². The van der Waals surface area contributed by atoms with Crippen LogP contribution in [0.25, 0.3) is 0 Å². The average molecular weight is 345 g/mol. The number of carboxylic acids is 1. The molecule has 0 aliphatic carbocycles. The third-order valence-electron chi connectivity index (χ3n) is 4.36.